The molecule has 1 aromatic carbocycles. The van der Waals surface area contributed by atoms with E-state index < -0.39 is 0 Å². The van der Waals surface area contributed by atoms with Crippen LogP contribution in [0.25, 0.3) is 5.69 Å². The van der Waals surface area contributed by atoms with Gasteiger partial charge in [-0.15, -0.1) is 0 Å². The van der Waals surface area contributed by atoms with Gasteiger partial charge in [-0.3, -0.25) is 4.79 Å². The first-order valence-corrected chi connectivity index (χ1v) is 7.75. The van der Waals surface area contributed by atoms with Crippen molar-refractivity contribution < 1.29 is 9.53 Å². The zero-order valence-electron chi connectivity index (χ0n) is 12.6. The Morgan fingerprint density at radius 2 is 2.27 bits per heavy atom. The second-order valence-electron chi connectivity index (χ2n) is 5.64. The van der Waals surface area contributed by atoms with Crippen LogP contribution < -0.4 is 5.32 Å². The summed E-state index contributed by atoms with van der Waals surface area (Å²) < 4.78 is 7.24. The van der Waals surface area contributed by atoms with Crippen molar-refractivity contribution in [2.24, 2.45) is 5.92 Å². The summed E-state index contributed by atoms with van der Waals surface area (Å²) in [4.78, 5) is 12.1. The molecule has 22 heavy (non-hydrogen) atoms. The summed E-state index contributed by atoms with van der Waals surface area (Å²) >= 11 is 0. The highest BCUT2D eigenvalue weighted by Gasteiger charge is 2.17. The van der Waals surface area contributed by atoms with Crippen LogP contribution in [0.4, 0.5) is 0 Å². The highest BCUT2D eigenvalue weighted by Crippen LogP contribution is 2.17. The van der Waals surface area contributed by atoms with Crippen molar-refractivity contribution in [3.63, 3.8) is 0 Å². The number of nitrogens with zero attached hydrogens (tertiary/aromatic N) is 2. The number of rotatable bonds is 5. The lowest BCUT2D eigenvalue weighted by atomic mass is 9.98. The molecule has 116 valence electrons. The zero-order valence-corrected chi connectivity index (χ0v) is 12.6. The first kappa shape index (κ1) is 14.8. The van der Waals surface area contributed by atoms with Crippen LogP contribution in [0.5, 0.6) is 0 Å². The third kappa shape index (κ3) is 3.74. The lowest BCUT2D eigenvalue weighted by Gasteiger charge is -2.21. The van der Waals surface area contributed by atoms with Crippen LogP contribution in [-0.2, 0) is 16.1 Å². The first-order valence-electron chi connectivity index (χ1n) is 7.75. The molecule has 1 amide bonds. The number of hydrogen-bond acceptors (Lipinski definition) is 3. The largest absolute Gasteiger partial charge is 0.381 e. The Kier molecular flexibility index (Phi) is 4.85. The SMILES string of the molecule is O=C(C[C@@H]1CCCOC1)NCc1ccccc1-n1cccn1. The molecule has 1 atom stereocenters. The van der Waals surface area contributed by atoms with E-state index in [0.29, 0.717) is 25.5 Å². The quantitative estimate of drug-likeness (QED) is 0.921. The number of ether oxygens (including phenoxy) is 1. The molecule has 0 aliphatic carbocycles. The predicted octanol–water partition coefficient (Wildman–Crippen LogP) is 2.31. The fourth-order valence-electron chi connectivity index (χ4n) is 2.79. The summed E-state index contributed by atoms with van der Waals surface area (Å²) in [6, 6.07) is 9.86. The Hall–Kier alpha value is -2.14. The topological polar surface area (TPSA) is 56.1 Å². The van der Waals surface area contributed by atoms with E-state index in [1.807, 2.05) is 41.2 Å². The third-order valence-corrected chi connectivity index (χ3v) is 3.95. The summed E-state index contributed by atoms with van der Waals surface area (Å²) in [5, 5.41) is 7.27. The number of para-hydroxylation sites is 1. The van der Waals surface area contributed by atoms with Gasteiger partial charge in [-0.05, 0) is 36.5 Å². The van der Waals surface area contributed by atoms with Gasteiger partial charge in [0.2, 0.25) is 5.91 Å². The van der Waals surface area contributed by atoms with Crippen molar-refractivity contribution in [2.45, 2.75) is 25.8 Å². The van der Waals surface area contributed by atoms with Gasteiger partial charge in [0.25, 0.3) is 0 Å². The second kappa shape index (κ2) is 7.22. The smallest absolute Gasteiger partial charge is 0.220 e. The highest BCUT2D eigenvalue weighted by molar-refractivity contribution is 5.76. The summed E-state index contributed by atoms with van der Waals surface area (Å²) in [6.45, 7) is 2.05. The van der Waals surface area contributed by atoms with Crippen molar-refractivity contribution in [3.05, 3.63) is 48.3 Å². The van der Waals surface area contributed by atoms with E-state index in [4.69, 9.17) is 4.74 Å². The molecule has 1 aromatic heterocycles. The number of hydrogen-bond donors (Lipinski definition) is 1. The Labute approximate surface area is 130 Å². The van der Waals surface area contributed by atoms with Gasteiger partial charge in [-0.2, -0.15) is 5.10 Å². The minimum Gasteiger partial charge on any atom is -0.381 e. The van der Waals surface area contributed by atoms with Crippen molar-refractivity contribution in [1.29, 1.82) is 0 Å². The number of aromatic nitrogens is 2. The van der Waals surface area contributed by atoms with Crippen LogP contribution in [0.15, 0.2) is 42.7 Å². The molecular formula is C17H21N3O2. The Bertz CT molecular complexity index is 604. The molecular weight excluding hydrogens is 278 g/mol. The standard InChI is InChI=1S/C17H21N3O2/c21-17(11-14-5-3-10-22-13-14)18-12-15-6-1-2-7-16(15)20-9-4-8-19-20/h1-2,4,6-9,14H,3,5,10-13H2,(H,18,21)/t14-/m0/s1. The maximum absolute atomic E-state index is 12.1. The molecule has 1 aliphatic rings. The van der Waals surface area contributed by atoms with Crippen LogP contribution in [0.1, 0.15) is 24.8 Å². The fraction of sp³-hybridized carbons (Fsp3) is 0.412. The van der Waals surface area contributed by atoms with Gasteiger partial charge in [0.15, 0.2) is 0 Å². The molecule has 2 heterocycles. The normalized spacial score (nSPS) is 18.1. The molecule has 1 saturated heterocycles. The van der Waals surface area contributed by atoms with Gasteiger partial charge in [-0.25, -0.2) is 4.68 Å². The molecule has 0 radical (unpaired) electrons. The zero-order chi connectivity index (χ0) is 15.2. The molecule has 1 fully saturated rings. The molecule has 0 saturated carbocycles. The molecule has 0 spiro atoms. The lowest BCUT2D eigenvalue weighted by Crippen LogP contribution is -2.28. The van der Waals surface area contributed by atoms with Crippen LogP contribution >= 0.6 is 0 Å². The maximum Gasteiger partial charge on any atom is 0.220 e. The predicted molar refractivity (Wildman–Crippen MR) is 83.6 cm³/mol. The number of nitrogens with one attached hydrogen (secondary N) is 1. The molecule has 0 unspecified atom stereocenters. The molecule has 0 bridgehead atoms. The van der Waals surface area contributed by atoms with E-state index in [9.17, 15) is 4.79 Å². The number of benzene rings is 1. The lowest BCUT2D eigenvalue weighted by molar-refractivity contribution is -0.123. The number of carbonyl (C=O) groups is 1. The van der Waals surface area contributed by atoms with E-state index in [1.165, 1.54) is 0 Å². The second-order valence-corrected chi connectivity index (χ2v) is 5.64. The maximum atomic E-state index is 12.1. The number of amides is 1. The minimum atomic E-state index is 0.0887. The summed E-state index contributed by atoms with van der Waals surface area (Å²) in [5.41, 5.74) is 2.05. The fourth-order valence-corrected chi connectivity index (χ4v) is 2.79. The van der Waals surface area contributed by atoms with Crippen molar-refractivity contribution in [2.75, 3.05) is 13.2 Å². The van der Waals surface area contributed by atoms with E-state index in [-0.39, 0.29) is 5.91 Å². The van der Waals surface area contributed by atoms with Crippen LogP contribution in [0.2, 0.25) is 0 Å². The van der Waals surface area contributed by atoms with Crippen LogP contribution in [0.3, 0.4) is 0 Å². The Morgan fingerprint density at radius 1 is 1.36 bits per heavy atom. The summed E-state index contributed by atoms with van der Waals surface area (Å²) in [5.74, 6) is 0.445. The average Bonchev–Trinajstić information content (AvgIpc) is 3.08. The van der Waals surface area contributed by atoms with E-state index in [0.717, 1.165) is 30.7 Å². The molecule has 1 aliphatic heterocycles. The third-order valence-electron chi connectivity index (χ3n) is 3.95. The van der Waals surface area contributed by atoms with Crippen molar-refractivity contribution >= 4 is 5.91 Å². The van der Waals surface area contributed by atoms with Crippen molar-refractivity contribution in [1.82, 2.24) is 15.1 Å². The summed E-state index contributed by atoms with van der Waals surface area (Å²) in [7, 11) is 0. The minimum absolute atomic E-state index is 0.0887. The van der Waals surface area contributed by atoms with Crippen LogP contribution in [0, 0.1) is 5.92 Å². The van der Waals surface area contributed by atoms with E-state index in [1.54, 1.807) is 6.20 Å². The number of carbonyl (C=O) groups excluding carboxylic acids is 1. The molecule has 5 heteroatoms. The van der Waals surface area contributed by atoms with Gasteiger partial charge >= 0.3 is 0 Å². The van der Waals surface area contributed by atoms with Gasteiger partial charge in [0, 0.05) is 38.6 Å². The highest BCUT2D eigenvalue weighted by atomic mass is 16.5. The molecule has 5 nitrogen and oxygen atoms in total. The first-order chi connectivity index (χ1) is 10.8. The summed E-state index contributed by atoms with van der Waals surface area (Å²) in [6.07, 6.45) is 6.33. The van der Waals surface area contributed by atoms with E-state index >= 15 is 0 Å². The van der Waals surface area contributed by atoms with Gasteiger partial charge < -0.3 is 10.1 Å². The monoisotopic (exact) mass is 299 g/mol. The van der Waals surface area contributed by atoms with E-state index in [2.05, 4.69) is 10.4 Å². The van der Waals surface area contributed by atoms with Gasteiger partial charge in [0.1, 0.15) is 0 Å². The average molecular weight is 299 g/mol. The molecule has 3 rings (SSSR count). The van der Waals surface area contributed by atoms with Crippen LogP contribution in [-0.4, -0.2) is 28.9 Å². The van der Waals surface area contributed by atoms with Gasteiger partial charge in [-0.1, -0.05) is 18.2 Å². The molecule has 1 N–H and O–H groups in total. The molecule has 2 aromatic rings. The Balaban J connectivity index is 1.58. The Morgan fingerprint density at radius 3 is 3.05 bits per heavy atom. The van der Waals surface area contributed by atoms with Gasteiger partial charge in [0.05, 0.1) is 5.69 Å². The van der Waals surface area contributed by atoms with Crippen molar-refractivity contribution in [3.8, 4) is 5.69 Å².